The average Bonchev–Trinajstić information content (AvgIpc) is 2.46. The highest BCUT2D eigenvalue weighted by Gasteiger charge is 2.16. The molecule has 5 heteroatoms. The van der Waals surface area contributed by atoms with Gasteiger partial charge >= 0.3 is 0 Å². The van der Waals surface area contributed by atoms with Crippen LogP contribution < -0.4 is 4.74 Å². The molecule has 0 fully saturated rings. The second-order valence-electron chi connectivity index (χ2n) is 4.40. The van der Waals surface area contributed by atoms with Gasteiger partial charge in [0.05, 0.1) is 25.5 Å². The fourth-order valence-electron chi connectivity index (χ4n) is 2.22. The van der Waals surface area contributed by atoms with Crippen LogP contribution in [0.2, 0.25) is 0 Å². The monoisotopic (exact) mass is 265 g/mol. The van der Waals surface area contributed by atoms with E-state index in [-0.39, 0.29) is 6.61 Å². The van der Waals surface area contributed by atoms with Gasteiger partial charge in [-0.3, -0.25) is 0 Å². The molecule has 0 aliphatic heterocycles. The Morgan fingerprint density at radius 1 is 1.16 bits per heavy atom. The zero-order valence-electron chi connectivity index (χ0n) is 10.8. The van der Waals surface area contributed by atoms with Gasteiger partial charge in [-0.2, -0.15) is 0 Å². The lowest BCUT2D eigenvalue weighted by molar-refractivity contribution is 0.0705. The number of rotatable bonds is 6. The molecule has 0 amide bonds. The molecule has 0 atom stereocenters. The van der Waals surface area contributed by atoms with Gasteiger partial charge in [-0.05, 0) is 43.0 Å². The molecule has 1 aliphatic rings. The Morgan fingerprint density at radius 2 is 2.05 bits per heavy atom. The van der Waals surface area contributed by atoms with E-state index in [0.717, 1.165) is 41.9 Å². The van der Waals surface area contributed by atoms with Crippen molar-refractivity contribution in [3.63, 3.8) is 0 Å². The molecular weight excluding hydrogens is 246 g/mol. The molecule has 1 aliphatic carbocycles. The summed E-state index contributed by atoms with van der Waals surface area (Å²) in [6.07, 6.45) is 2.79. The molecular formula is C14H19NO4. The largest absolute Gasteiger partial charge is 0.491 e. The quantitative estimate of drug-likeness (QED) is 0.465. The van der Waals surface area contributed by atoms with Crippen LogP contribution in [0.1, 0.15) is 24.0 Å². The van der Waals surface area contributed by atoms with E-state index in [9.17, 15) is 0 Å². The number of oxime groups is 1. The molecule has 0 saturated heterocycles. The summed E-state index contributed by atoms with van der Waals surface area (Å²) in [5, 5.41) is 20.9. The molecule has 104 valence electrons. The van der Waals surface area contributed by atoms with Crippen LogP contribution in [-0.4, -0.2) is 42.5 Å². The maximum absolute atomic E-state index is 8.95. The van der Waals surface area contributed by atoms with Crippen molar-refractivity contribution >= 4 is 5.71 Å². The third-order valence-electron chi connectivity index (χ3n) is 3.10. The van der Waals surface area contributed by atoms with Crippen LogP contribution in [-0.2, 0) is 11.2 Å². The lowest BCUT2D eigenvalue weighted by Crippen LogP contribution is -2.13. The van der Waals surface area contributed by atoms with Crippen LogP contribution >= 0.6 is 0 Å². The first kappa shape index (κ1) is 13.8. The summed E-state index contributed by atoms with van der Waals surface area (Å²) < 4.78 is 10.7. The maximum Gasteiger partial charge on any atom is 0.119 e. The Hall–Kier alpha value is -1.59. The summed E-state index contributed by atoms with van der Waals surface area (Å²) in [6, 6.07) is 5.81. The maximum atomic E-state index is 8.95. The van der Waals surface area contributed by atoms with Crippen LogP contribution in [0, 0.1) is 0 Å². The van der Waals surface area contributed by atoms with E-state index < -0.39 is 0 Å². The van der Waals surface area contributed by atoms with E-state index in [4.69, 9.17) is 19.8 Å². The first-order chi connectivity index (χ1) is 9.35. The van der Waals surface area contributed by atoms with Crippen LogP contribution in [0.4, 0.5) is 0 Å². The predicted molar refractivity (Wildman–Crippen MR) is 71.1 cm³/mol. The lowest BCUT2D eigenvalue weighted by Gasteiger charge is -2.17. The summed E-state index contributed by atoms with van der Waals surface area (Å²) in [7, 11) is 0. The normalized spacial score (nSPS) is 16.4. The summed E-state index contributed by atoms with van der Waals surface area (Å²) in [5.41, 5.74) is 2.92. The second-order valence-corrected chi connectivity index (χ2v) is 4.40. The Balaban J connectivity index is 1.93. The minimum absolute atomic E-state index is 0.0299. The van der Waals surface area contributed by atoms with Gasteiger partial charge in [0.2, 0.25) is 0 Å². The van der Waals surface area contributed by atoms with Crippen molar-refractivity contribution in [3.05, 3.63) is 29.3 Å². The Labute approximate surface area is 112 Å². The number of aliphatic hydroxyl groups is 1. The van der Waals surface area contributed by atoms with Gasteiger partial charge in [0.1, 0.15) is 12.4 Å². The van der Waals surface area contributed by atoms with E-state index in [2.05, 4.69) is 5.16 Å². The van der Waals surface area contributed by atoms with Gasteiger partial charge in [0, 0.05) is 5.56 Å². The van der Waals surface area contributed by atoms with Crippen LogP contribution in [0.25, 0.3) is 0 Å². The minimum Gasteiger partial charge on any atom is -0.491 e. The zero-order chi connectivity index (χ0) is 13.5. The highest BCUT2D eigenvalue weighted by atomic mass is 16.5. The summed E-state index contributed by atoms with van der Waals surface area (Å²) in [4.78, 5) is 0. The molecule has 2 rings (SSSR count). The Morgan fingerprint density at radius 3 is 2.84 bits per heavy atom. The number of aliphatic hydroxyl groups excluding tert-OH is 1. The highest BCUT2D eigenvalue weighted by Crippen LogP contribution is 2.25. The van der Waals surface area contributed by atoms with Gasteiger partial charge in [0.25, 0.3) is 0 Å². The third-order valence-corrected chi connectivity index (χ3v) is 3.10. The van der Waals surface area contributed by atoms with E-state index in [1.165, 1.54) is 0 Å². The number of benzene rings is 1. The zero-order valence-corrected chi connectivity index (χ0v) is 10.8. The van der Waals surface area contributed by atoms with Crippen molar-refractivity contribution in [1.82, 2.24) is 0 Å². The van der Waals surface area contributed by atoms with Crippen molar-refractivity contribution in [3.8, 4) is 5.75 Å². The van der Waals surface area contributed by atoms with E-state index in [1.807, 2.05) is 18.2 Å². The molecule has 0 heterocycles. The van der Waals surface area contributed by atoms with Gasteiger partial charge < -0.3 is 19.8 Å². The smallest absolute Gasteiger partial charge is 0.119 e. The predicted octanol–water partition coefficient (Wildman–Crippen LogP) is 1.59. The number of fused-ring (bicyclic) bond motifs is 1. The standard InChI is InChI=1S/C14H19NO4/c16-6-7-18-8-9-19-12-4-5-13-11(10-12)2-1-3-14(13)15-17/h4-5,10,16-17H,1-3,6-9H2/b15-14-. The Kier molecular flexibility index (Phi) is 5.18. The second kappa shape index (κ2) is 7.11. The van der Waals surface area contributed by atoms with E-state index in [1.54, 1.807) is 0 Å². The van der Waals surface area contributed by atoms with Crippen LogP contribution in [0.5, 0.6) is 5.75 Å². The van der Waals surface area contributed by atoms with Gasteiger partial charge in [-0.15, -0.1) is 0 Å². The van der Waals surface area contributed by atoms with Crippen molar-refractivity contribution in [1.29, 1.82) is 0 Å². The summed E-state index contributed by atoms with van der Waals surface area (Å²) >= 11 is 0. The molecule has 0 aromatic heterocycles. The fourth-order valence-corrected chi connectivity index (χ4v) is 2.22. The first-order valence-electron chi connectivity index (χ1n) is 6.51. The van der Waals surface area contributed by atoms with Crippen molar-refractivity contribution in [2.75, 3.05) is 26.4 Å². The number of hydrogen-bond donors (Lipinski definition) is 2. The van der Waals surface area contributed by atoms with E-state index >= 15 is 0 Å². The topological polar surface area (TPSA) is 71.3 Å². The first-order valence-corrected chi connectivity index (χ1v) is 6.51. The molecule has 0 radical (unpaired) electrons. The molecule has 5 nitrogen and oxygen atoms in total. The minimum atomic E-state index is 0.0299. The van der Waals surface area contributed by atoms with E-state index in [0.29, 0.717) is 19.8 Å². The van der Waals surface area contributed by atoms with Crippen LogP contribution in [0.3, 0.4) is 0 Å². The average molecular weight is 265 g/mol. The fraction of sp³-hybridized carbons (Fsp3) is 0.500. The summed E-state index contributed by atoms with van der Waals surface area (Å²) in [5.74, 6) is 0.797. The molecule has 1 aromatic rings. The van der Waals surface area contributed by atoms with Crippen molar-refractivity contribution in [2.24, 2.45) is 5.16 Å². The summed E-state index contributed by atoms with van der Waals surface area (Å²) in [6.45, 7) is 1.28. The molecule has 1 aromatic carbocycles. The van der Waals surface area contributed by atoms with Crippen LogP contribution in [0.15, 0.2) is 23.4 Å². The number of nitrogens with zero attached hydrogens (tertiary/aromatic N) is 1. The number of ether oxygens (including phenoxy) is 2. The third kappa shape index (κ3) is 3.68. The Bertz CT molecular complexity index is 445. The van der Waals surface area contributed by atoms with Crippen molar-refractivity contribution in [2.45, 2.75) is 19.3 Å². The SMILES string of the molecule is OCCOCCOc1ccc2c(c1)CCC/C2=N/O. The number of aryl methyl sites for hydroxylation is 1. The molecule has 2 N–H and O–H groups in total. The van der Waals surface area contributed by atoms with Gasteiger partial charge in [0.15, 0.2) is 0 Å². The molecule has 0 unspecified atom stereocenters. The number of hydrogen-bond acceptors (Lipinski definition) is 5. The van der Waals surface area contributed by atoms with Gasteiger partial charge in [-0.1, -0.05) is 5.16 Å². The highest BCUT2D eigenvalue weighted by molar-refractivity contribution is 6.02. The van der Waals surface area contributed by atoms with Crippen molar-refractivity contribution < 1.29 is 19.8 Å². The lowest BCUT2D eigenvalue weighted by atomic mass is 9.90. The molecule has 19 heavy (non-hydrogen) atoms. The molecule has 0 spiro atoms. The van der Waals surface area contributed by atoms with Gasteiger partial charge in [-0.25, -0.2) is 0 Å². The molecule has 0 bridgehead atoms. The molecule has 0 saturated carbocycles.